The summed E-state index contributed by atoms with van der Waals surface area (Å²) < 4.78 is 3.96. The normalized spacial score (nSPS) is 11.2. The van der Waals surface area contributed by atoms with Crippen molar-refractivity contribution in [3.05, 3.63) is 24.2 Å². The highest BCUT2D eigenvalue weighted by molar-refractivity contribution is 5.38. The molecule has 5 heteroatoms. The van der Waals surface area contributed by atoms with E-state index >= 15 is 0 Å². The summed E-state index contributed by atoms with van der Waals surface area (Å²) in [5.41, 5.74) is 0.993. The van der Waals surface area contributed by atoms with Crippen LogP contribution in [0.25, 0.3) is 5.82 Å². The van der Waals surface area contributed by atoms with E-state index in [0.717, 1.165) is 30.4 Å². The van der Waals surface area contributed by atoms with Gasteiger partial charge in [0.05, 0.1) is 5.69 Å². The van der Waals surface area contributed by atoms with Gasteiger partial charge in [-0.25, -0.2) is 4.98 Å². The fraction of sp³-hybridized carbons (Fsp3) is 0.538. The Hall–Kier alpha value is -1.78. The molecule has 0 bridgehead atoms. The van der Waals surface area contributed by atoms with Crippen molar-refractivity contribution in [1.82, 2.24) is 19.3 Å². The lowest BCUT2D eigenvalue weighted by atomic mass is 10.4. The Kier molecular flexibility index (Phi) is 3.69. The Morgan fingerprint density at radius 3 is 2.78 bits per heavy atom. The molecular weight excluding hydrogens is 226 g/mol. The van der Waals surface area contributed by atoms with Gasteiger partial charge in [-0.15, -0.1) is 0 Å². The van der Waals surface area contributed by atoms with Gasteiger partial charge < -0.3 is 5.32 Å². The smallest absolute Gasteiger partial charge is 0.208 e. The molecule has 0 aromatic carbocycles. The second-order valence-electron chi connectivity index (χ2n) is 4.75. The molecule has 0 saturated heterocycles. The maximum absolute atomic E-state index is 4.56. The molecule has 0 radical (unpaired) electrons. The molecule has 0 spiro atoms. The Bertz CT molecular complexity index is 509. The monoisotopic (exact) mass is 247 g/mol. The van der Waals surface area contributed by atoms with Crippen LogP contribution in [-0.4, -0.2) is 25.9 Å². The molecule has 2 heterocycles. The molecule has 18 heavy (non-hydrogen) atoms. The number of hydrogen-bond acceptors (Lipinski definition) is 3. The van der Waals surface area contributed by atoms with Crippen LogP contribution in [0.3, 0.4) is 0 Å². The van der Waals surface area contributed by atoms with Crippen LogP contribution >= 0.6 is 0 Å². The van der Waals surface area contributed by atoms with E-state index in [-0.39, 0.29) is 0 Å². The molecule has 98 valence electrons. The number of aryl methyl sites for hydroxylation is 1. The standard InChI is InChI=1S/C13H21N5/c1-5-7-14-13-15-11(4)9-17(13)12-6-8-18(16-12)10(2)3/h6,8-10H,5,7H2,1-4H3,(H,14,15). The molecule has 0 saturated carbocycles. The van der Waals surface area contributed by atoms with E-state index in [1.54, 1.807) is 0 Å². The third kappa shape index (κ3) is 2.55. The van der Waals surface area contributed by atoms with E-state index in [1.807, 2.05) is 34.6 Å². The van der Waals surface area contributed by atoms with Crippen molar-refractivity contribution in [2.45, 2.75) is 40.2 Å². The molecular formula is C13H21N5. The first kappa shape index (κ1) is 12.7. The van der Waals surface area contributed by atoms with E-state index in [1.165, 1.54) is 0 Å². The summed E-state index contributed by atoms with van der Waals surface area (Å²) in [6.07, 6.45) is 5.08. The second kappa shape index (κ2) is 5.25. The van der Waals surface area contributed by atoms with Gasteiger partial charge in [-0.3, -0.25) is 9.25 Å². The van der Waals surface area contributed by atoms with Gasteiger partial charge in [0.2, 0.25) is 5.95 Å². The molecule has 0 amide bonds. The summed E-state index contributed by atoms with van der Waals surface area (Å²) >= 11 is 0. The molecule has 0 unspecified atom stereocenters. The van der Waals surface area contributed by atoms with Gasteiger partial charge in [0, 0.05) is 31.0 Å². The molecule has 2 aromatic heterocycles. The summed E-state index contributed by atoms with van der Waals surface area (Å²) in [6.45, 7) is 9.29. The van der Waals surface area contributed by atoms with E-state index < -0.39 is 0 Å². The predicted octanol–water partition coefficient (Wildman–Crippen LogP) is 2.78. The number of imidazole rings is 1. The molecule has 1 N–H and O–H groups in total. The lowest BCUT2D eigenvalue weighted by Crippen LogP contribution is -2.08. The number of nitrogens with one attached hydrogen (secondary N) is 1. The molecule has 0 aliphatic heterocycles. The van der Waals surface area contributed by atoms with Gasteiger partial charge in [-0.05, 0) is 27.2 Å². The molecule has 0 fully saturated rings. The third-order valence-corrected chi connectivity index (χ3v) is 2.73. The predicted molar refractivity (Wildman–Crippen MR) is 73.3 cm³/mol. The molecule has 2 aromatic rings. The van der Waals surface area contributed by atoms with Crippen LogP contribution in [0.5, 0.6) is 0 Å². The minimum absolute atomic E-state index is 0.371. The fourth-order valence-electron chi connectivity index (χ4n) is 1.78. The van der Waals surface area contributed by atoms with Crippen LogP contribution in [0, 0.1) is 6.92 Å². The van der Waals surface area contributed by atoms with Gasteiger partial charge in [0.1, 0.15) is 0 Å². The minimum Gasteiger partial charge on any atom is -0.355 e. The van der Waals surface area contributed by atoms with Crippen molar-refractivity contribution in [2.75, 3.05) is 11.9 Å². The average Bonchev–Trinajstić information content (AvgIpc) is 2.92. The summed E-state index contributed by atoms with van der Waals surface area (Å²) in [6, 6.07) is 2.38. The molecule has 5 nitrogen and oxygen atoms in total. The second-order valence-corrected chi connectivity index (χ2v) is 4.75. The van der Waals surface area contributed by atoms with Crippen molar-refractivity contribution in [3.63, 3.8) is 0 Å². The molecule has 0 aliphatic rings. The average molecular weight is 247 g/mol. The van der Waals surface area contributed by atoms with Crippen molar-refractivity contribution in [3.8, 4) is 5.82 Å². The lowest BCUT2D eigenvalue weighted by Gasteiger charge is -2.07. The van der Waals surface area contributed by atoms with Crippen LogP contribution in [0.15, 0.2) is 18.5 Å². The SMILES string of the molecule is CCCNc1nc(C)cn1-c1ccn(C(C)C)n1. The Labute approximate surface area is 108 Å². The summed E-state index contributed by atoms with van der Waals surface area (Å²) in [5.74, 6) is 1.77. The van der Waals surface area contributed by atoms with Gasteiger partial charge in [-0.1, -0.05) is 6.92 Å². The highest BCUT2D eigenvalue weighted by Gasteiger charge is 2.10. The largest absolute Gasteiger partial charge is 0.355 e. The van der Waals surface area contributed by atoms with Crippen molar-refractivity contribution in [1.29, 1.82) is 0 Å². The van der Waals surface area contributed by atoms with Gasteiger partial charge >= 0.3 is 0 Å². The number of rotatable bonds is 5. The quantitative estimate of drug-likeness (QED) is 0.883. The van der Waals surface area contributed by atoms with Crippen LogP contribution in [0.2, 0.25) is 0 Å². The number of nitrogens with zero attached hydrogens (tertiary/aromatic N) is 4. The van der Waals surface area contributed by atoms with Crippen LogP contribution in [-0.2, 0) is 0 Å². The molecule has 0 aliphatic carbocycles. The van der Waals surface area contributed by atoms with Crippen LogP contribution in [0.4, 0.5) is 5.95 Å². The van der Waals surface area contributed by atoms with Crippen molar-refractivity contribution in [2.24, 2.45) is 0 Å². The highest BCUT2D eigenvalue weighted by Crippen LogP contribution is 2.16. The topological polar surface area (TPSA) is 47.7 Å². The lowest BCUT2D eigenvalue weighted by molar-refractivity contribution is 0.530. The summed E-state index contributed by atoms with van der Waals surface area (Å²) in [7, 11) is 0. The Morgan fingerprint density at radius 1 is 1.39 bits per heavy atom. The third-order valence-electron chi connectivity index (χ3n) is 2.73. The number of hydrogen-bond donors (Lipinski definition) is 1. The maximum Gasteiger partial charge on any atom is 0.208 e. The Balaban J connectivity index is 2.30. The van der Waals surface area contributed by atoms with Gasteiger partial charge in [0.15, 0.2) is 5.82 Å². The highest BCUT2D eigenvalue weighted by atomic mass is 15.4. The molecule has 2 rings (SSSR count). The summed E-state index contributed by atoms with van der Waals surface area (Å²) in [5, 5.41) is 7.89. The van der Waals surface area contributed by atoms with E-state index in [0.29, 0.717) is 6.04 Å². The van der Waals surface area contributed by atoms with Gasteiger partial charge in [0.25, 0.3) is 0 Å². The maximum atomic E-state index is 4.56. The van der Waals surface area contributed by atoms with Crippen LogP contribution < -0.4 is 5.32 Å². The zero-order valence-corrected chi connectivity index (χ0v) is 11.5. The van der Waals surface area contributed by atoms with Gasteiger partial charge in [-0.2, -0.15) is 5.10 Å². The Morgan fingerprint density at radius 2 is 2.17 bits per heavy atom. The molecule has 0 atom stereocenters. The first-order valence-electron chi connectivity index (χ1n) is 6.47. The van der Waals surface area contributed by atoms with Crippen molar-refractivity contribution < 1.29 is 0 Å². The fourth-order valence-corrected chi connectivity index (χ4v) is 1.78. The summed E-state index contributed by atoms with van der Waals surface area (Å²) in [4.78, 5) is 4.48. The van der Waals surface area contributed by atoms with E-state index in [4.69, 9.17) is 0 Å². The van der Waals surface area contributed by atoms with Crippen LogP contribution in [0.1, 0.15) is 38.9 Å². The van der Waals surface area contributed by atoms with E-state index in [9.17, 15) is 0 Å². The number of anilines is 1. The van der Waals surface area contributed by atoms with Crippen molar-refractivity contribution >= 4 is 5.95 Å². The minimum atomic E-state index is 0.371. The number of aromatic nitrogens is 4. The zero-order valence-electron chi connectivity index (χ0n) is 11.5. The zero-order chi connectivity index (χ0) is 13.1. The van der Waals surface area contributed by atoms with E-state index in [2.05, 4.69) is 36.2 Å². The first-order valence-corrected chi connectivity index (χ1v) is 6.47. The first-order chi connectivity index (χ1) is 8.61.